The lowest BCUT2D eigenvalue weighted by Crippen LogP contribution is -2.30. The van der Waals surface area contributed by atoms with E-state index in [4.69, 9.17) is 4.74 Å². The van der Waals surface area contributed by atoms with Crippen LogP contribution >= 0.6 is 0 Å². The van der Waals surface area contributed by atoms with E-state index in [2.05, 4.69) is 23.9 Å². The first-order valence-corrected chi connectivity index (χ1v) is 12.3. The minimum Gasteiger partial charge on any atom is -0.481 e. The lowest BCUT2D eigenvalue weighted by Gasteiger charge is -2.18. The maximum Gasteiger partial charge on any atom is 0.265 e. The summed E-state index contributed by atoms with van der Waals surface area (Å²) in [6.07, 6.45) is -0.723. The molecule has 0 spiro atoms. The number of aryl methyl sites for hydroxylation is 2. The fraction of sp³-hybridized carbons (Fsp3) is 0.269. The molecule has 0 fully saturated rings. The van der Waals surface area contributed by atoms with Crippen LogP contribution in [0.1, 0.15) is 43.4 Å². The summed E-state index contributed by atoms with van der Waals surface area (Å²) in [7, 11) is -3.75. The van der Waals surface area contributed by atoms with Crippen LogP contribution in [0.3, 0.4) is 0 Å². The van der Waals surface area contributed by atoms with Gasteiger partial charge < -0.3 is 10.1 Å². The van der Waals surface area contributed by atoms with Crippen molar-refractivity contribution in [3.05, 3.63) is 83.4 Å². The molecule has 7 heteroatoms. The molecule has 0 radical (unpaired) electrons. The average molecular weight is 467 g/mol. The number of sulfonamides is 1. The molecule has 0 saturated carbocycles. The predicted molar refractivity (Wildman–Crippen MR) is 132 cm³/mol. The Kier molecular flexibility index (Phi) is 7.43. The highest BCUT2D eigenvalue weighted by atomic mass is 32.2. The zero-order valence-corrected chi connectivity index (χ0v) is 20.4. The van der Waals surface area contributed by atoms with E-state index >= 15 is 0 Å². The van der Waals surface area contributed by atoms with E-state index in [1.165, 1.54) is 12.1 Å². The lowest BCUT2D eigenvalue weighted by molar-refractivity contribution is -0.122. The van der Waals surface area contributed by atoms with Crippen molar-refractivity contribution in [3.63, 3.8) is 0 Å². The van der Waals surface area contributed by atoms with E-state index < -0.39 is 16.1 Å². The second-order valence-electron chi connectivity index (χ2n) is 8.39. The molecule has 3 rings (SSSR count). The standard InChI is InChI=1S/C26H30N2O4S/c1-17(2)23-8-6-7-9-25(23)32-20(5)26(29)27-21-11-13-22(14-12-21)33(30,31)28-24-15-10-18(3)16-19(24)4/h6-17,20,28H,1-5H3,(H,27,29)/t20-/m0/s1. The van der Waals surface area contributed by atoms with Gasteiger partial charge in [-0.15, -0.1) is 0 Å². The maximum absolute atomic E-state index is 12.8. The van der Waals surface area contributed by atoms with E-state index in [1.54, 1.807) is 25.1 Å². The van der Waals surface area contributed by atoms with Crippen molar-refractivity contribution in [3.8, 4) is 5.75 Å². The van der Waals surface area contributed by atoms with Crippen molar-refractivity contribution < 1.29 is 17.9 Å². The van der Waals surface area contributed by atoms with E-state index in [-0.39, 0.29) is 16.7 Å². The summed E-state index contributed by atoms with van der Waals surface area (Å²) >= 11 is 0. The second kappa shape index (κ2) is 10.1. The molecule has 33 heavy (non-hydrogen) atoms. The zero-order valence-electron chi connectivity index (χ0n) is 19.5. The highest BCUT2D eigenvalue weighted by Crippen LogP contribution is 2.27. The largest absolute Gasteiger partial charge is 0.481 e. The Morgan fingerprint density at radius 3 is 2.21 bits per heavy atom. The molecule has 0 heterocycles. The number of ether oxygens (including phenoxy) is 1. The van der Waals surface area contributed by atoms with Crippen LogP contribution in [-0.2, 0) is 14.8 Å². The van der Waals surface area contributed by atoms with Gasteiger partial charge in [-0.05, 0) is 74.2 Å². The Balaban J connectivity index is 1.67. The van der Waals surface area contributed by atoms with E-state index in [1.807, 2.05) is 50.2 Å². The number of hydrogen-bond donors (Lipinski definition) is 2. The lowest BCUT2D eigenvalue weighted by atomic mass is 10.0. The van der Waals surface area contributed by atoms with Crippen molar-refractivity contribution in [2.75, 3.05) is 10.0 Å². The van der Waals surface area contributed by atoms with Crippen LogP contribution in [0, 0.1) is 13.8 Å². The van der Waals surface area contributed by atoms with Crippen LogP contribution in [0.5, 0.6) is 5.75 Å². The van der Waals surface area contributed by atoms with Gasteiger partial charge in [-0.25, -0.2) is 8.42 Å². The first kappa shape index (κ1) is 24.3. The molecule has 0 unspecified atom stereocenters. The highest BCUT2D eigenvalue weighted by Gasteiger charge is 2.19. The summed E-state index contributed by atoms with van der Waals surface area (Å²) in [5.41, 5.74) is 3.95. The summed E-state index contributed by atoms with van der Waals surface area (Å²) in [4.78, 5) is 12.7. The molecule has 0 aliphatic heterocycles. The minimum absolute atomic E-state index is 0.107. The molecule has 0 aliphatic rings. The number of carbonyl (C=O) groups excluding carboxylic acids is 1. The molecule has 3 aromatic rings. The number of nitrogens with one attached hydrogen (secondary N) is 2. The molecule has 1 atom stereocenters. The second-order valence-corrected chi connectivity index (χ2v) is 10.1. The number of carbonyl (C=O) groups is 1. The number of para-hydroxylation sites is 1. The van der Waals surface area contributed by atoms with Crippen LogP contribution in [0.15, 0.2) is 71.6 Å². The topological polar surface area (TPSA) is 84.5 Å². The van der Waals surface area contributed by atoms with Gasteiger partial charge in [0.05, 0.1) is 10.6 Å². The van der Waals surface area contributed by atoms with Gasteiger partial charge in [-0.1, -0.05) is 49.7 Å². The Morgan fingerprint density at radius 1 is 0.909 bits per heavy atom. The molecule has 174 valence electrons. The Morgan fingerprint density at radius 2 is 1.58 bits per heavy atom. The average Bonchev–Trinajstić information content (AvgIpc) is 2.76. The van der Waals surface area contributed by atoms with Crippen molar-refractivity contribution >= 4 is 27.3 Å². The molecule has 1 amide bonds. The predicted octanol–water partition coefficient (Wildman–Crippen LogP) is 5.63. The normalized spacial score (nSPS) is 12.3. The number of hydrogen-bond acceptors (Lipinski definition) is 4. The van der Waals surface area contributed by atoms with Crippen molar-refractivity contribution in [1.29, 1.82) is 0 Å². The molecule has 3 aromatic carbocycles. The summed E-state index contributed by atoms with van der Waals surface area (Å²) < 4.78 is 34.0. The van der Waals surface area contributed by atoms with Gasteiger partial charge in [0.2, 0.25) is 0 Å². The fourth-order valence-corrected chi connectivity index (χ4v) is 4.53. The molecular formula is C26H30N2O4S. The molecule has 0 bridgehead atoms. The SMILES string of the molecule is Cc1ccc(NS(=O)(=O)c2ccc(NC(=O)[C@H](C)Oc3ccccc3C(C)C)cc2)c(C)c1. The Hall–Kier alpha value is -3.32. The van der Waals surface area contributed by atoms with Crippen LogP contribution in [0.4, 0.5) is 11.4 Å². The number of benzene rings is 3. The molecular weight excluding hydrogens is 436 g/mol. The summed E-state index contributed by atoms with van der Waals surface area (Å²) in [5.74, 6) is 0.620. The van der Waals surface area contributed by atoms with Crippen LogP contribution in [-0.4, -0.2) is 20.4 Å². The van der Waals surface area contributed by atoms with Crippen molar-refractivity contribution in [2.24, 2.45) is 0 Å². The third-order valence-electron chi connectivity index (χ3n) is 5.27. The minimum atomic E-state index is -3.75. The summed E-state index contributed by atoms with van der Waals surface area (Å²) in [6, 6.07) is 19.2. The molecule has 0 aliphatic carbocycles. The monoisotopic (exact) mass is 466 g/mol. The van der Waals surface area contributed by atoms with E-state index in [9.17, 15) is 13.2 Å². The van der Waals surface area contributed by atoms with Gasteiger partial charge >= 0.3 is 0 Å². The van der Waals surface area contributed by atoms with Gasteiger partial charge in [0, 0.05) is 5.69 Å². The summed E-state index contributed by atoms with van der Waals surface area (Å²) in [5, 5.41) is 2.78. The maximum atomic E-state index is 12.8. The third kappa shape index (κ3) is 6.14. The van der Waals surface area contributed by atoms with Gasteiger partial charge in [-0.3, -0.25) is 9.52 Å². The summed E-state index contributed by atoms with van der Waals surface area (Å²) in [6.45, 7) is 9.62. The van der Waals surface area contributed by atoms with Crippen molar-refractivity contribution in [2.45, 2.75) is 51.5 Å². The van der Waals surface area contributed by atoms with Crippen molar-refractivity contribution in [1.82, 2.24) is 0 Å². The molecule has 2 N–H and O–H groups in total. The number of anilines is 2. The fourth-order valence-electron chi connectivity index (χ4n) is 3.40. The van der Waals surface area contributed by atoms with Gasteiger partial charge in [0.15, 0.2) is 6.10 Å². The quantitative estimate of drug-likeness (QED) is 0.450. The molecule has 0 saturated heterocycles. The zero-order chi connectivity index (χ0) is 24.2. The van der Waals surface area contributed by atoms with E-state index in [0.717, 1.165) is 16.7 Å². The van der Waals surface area contributed by atoms with Crippen LogP contribution < -0.4 is 14.8 Å². The van der Waals surface area contributed by atoms with Crippen LogP contribution in [0.25, 0.3) is 0 Å². The van der Waals surface area contributed by atoms with Gasteiger partial charge in [0.1, 0.15) is 5.75 Å². The Labute approximate surface area is 196 Å². The van der Waals surface area contributed by atoms with Gasteiger partial charge in [0.25, 0.3) is 15.9 Å². The van der Waals surface area contributed by atoms with E-state index in [0.29, 0.717) is 17.1 Å². The number of amides is 1. The molecule has 0 aromatic heterocycles. The van der Waals surface area contributed by atoms with Crippen LogP contribution in [0.2, 0.25) is 0 Å². The third-order valence-corrected chi connectivity index (χ3v) is 6.65. The van der Waals surface area contributed by atoms with Gasteiger partial charge in [-0.2, -0.15) is 0 Å². The first-order chi connectivity index (χ1) is 15.6. The highest BCUT2D eigenvalue weighted by molar-refractivity contribution is 7.92. The molecule has 6 nitrogen and oxygen atoms in total. The first-order valence-electron chi connectivity index (χ1n) is 10.8. The Bertz CT molecular complexity index is 1240. The number of rotatable bonds is 8. The smallest absolute Gasteiger partial charge is 0.265 e.